The highest BCUT2D eigenvalue weighted by atomic mass is 19.2. The van der Waals surface area contributed by atoms with Crippen molar-refractivity contribution in [2.45, 2.75) is 19.8 Å². The molecule has 0 unspecified atom stereocenters. The molecule has 0 heterocycles. The van der Waals surface area contributed by atoms with Crippen LogP contribution in [0, 0.1) is 11.6 Å². The van der Waals surface area contributed by atoms with Gasteiger partial charge in [0.15, 0.2) is 11.6 Å². The molecule has 1 amide bonds. The van der Waals surface area contributed by atoms with Gasteiger partial charge in [-0.15, -0.1) is 0 Å². The van der Waals surface area contributed by atoms with E-state index in [0.29, 0.717) is 17.3 Å². The molecular formula is C18H20F2N2O. The number of amides is 1. The lowest BCUT2D eigenvalue weighted by Gasteiger charge is -2.19. The Morgan fingerprint density at radius 3 is 2.30 bits per heavy atom. The topological polar surface area (TPSA) is 32.3 Å². The zero-order chi connectivity index (χ0) is 17.0. The third kappa shape index (κ3) is 4.52. The van der Waals surface area contributed by atoms with Gasteiger partial charge >= 0.3 is 0 Å². The van der Waals surface area contributed by atoms with Crippen molar-refractivity contribution >= 4 is 17.3 Å². The smallest absolute Gasteiger partial charge is 0.243 e. The minimum atomic E-state index is -0.931. The van der Waals surface area contributed by atoms with Gasteiger partial charge in [-0.2, -0.15) is 0 Å². The molecule has 0 atom stereocenters. The van der Waals surface area contributed by atoms with Gasteiger partial charge in [-0.25, -0.2) is 8.78 Å². The summed E-state index contributed by atoms with van der Waals surface area (Å²) >= 11 is 0. The molecule has 0 bridgehead atoms. The fraction of sp³-hybridized carbons (Fsp3) is 0.278. The maximum atomic E-state index is 13.2. The van der Waals surface area contributed by atoms with Gasteiger partial charge in [-0.1, -0.05) is 26.0 Å². The van der Waals surface area contributed by atoms with E-state index in [4.69, 9.17) is 0 Å². The highest BCUT2D eigenvalue weighted by molar-refractivity contribution is 5.94. The van der Waals surface area contributed by atoms with Crippen LogP contribution in [0.3, 0.4) is 0 Å². The van der Waals surface area contributed by atoms with Gasteiger partial charge in [-0.3, -0.25) is 4.79 Å². The van der Waals surface area contributed by atoms with Crippen LogP contribution in [0.4, 0.5) is 20.2 Å². The Bertz CT molecular complexity index is 684. The molecule has 5 heteroatoms. The minimum Gasteiger partial charge on any atom is -0.365 e. The quantitative estimate of drug-likeness (QED) is 0.897. The van der Waals surface area contributed by atoms with Crippen molar-refractivity contribution in [2.75, 3.05) is 23.8 Å². The van der Waals surface area contributed by atoms with Crippen molar-refractivity contribution in [1.29, 1.82) is 0 Å². The molecule has 0 saturated heterocycles. The zero-order valence-corrected chi connectivity index (χ0v) is 13.4. The van der Waals surface area contributed by atoms with Crippen LogP contribution in [0.2, 0.25) is 0 Å². The second-order valence-corrected chi connectivity index (χ2v) is 5.78. The molecule has 0 fully saturated rings. The Morgan fingerprint density at radius 2 is 1.74 bits per heavy atom. The lowest BCUT2D eigenvalue weighted by atomic mass is 10.0. The number of halogens is 2. The van der Waals surface area contributed by atoms with Crippen molar-refractivity contribution in [1.82, 2.24) is 0 Å². The zero-order valence-electron chi connectivity index (χ0n) is 13.4. The van der Waals surface area contributed by atoms with Crippen LogP contribution in [0.15, 0.2) is 42.5 Å². The van der Waals surface area contributed by atoms with E-state index >= 15 is 0 Å². The van der Waals surface area contributed by atoms with Crippen LogP contribution in [0.5, 0.6) is 0 Å². The van der Waals surface area contributed by atoms with Crippen molar-refractivity contribution in [2.24, 2.45) is 0 Å². The summed E-state index contributed by atoms with van der Waals surface area (Å²) in [7, 11) is 1.65. The fourth-order valence-corrected chi connectivity index (χ4v) is 2.18. The summed E-state index contributed by atoms with van der Waals surface area (Å²) in [5, 5.41) is 2.79. The second kappa shape index (κ2) is 7.22. The summed E-state index contributed by atoms with van der Waals surface area (Å²) in [6.45, 7) is 4.24. The van der Waals surface area contributed by atoms with E-state index in [1.807, 2.05) is 24.3 Å². The van der Waals surface area contributed by atoms with Gasteiger partial charge < -0.3 is 10.2 Å². The molecule has 0 aromatic heterocycles. The lowest BCUT2D eigenvalue weighted by molar-refractivity contribution is -0.114. The Kier molecular flexibility index (Phi) is 5.32. The molecule has 0 aliphatic heterocycles. The van der Waals surface area contributed by atoms with Crippen LogP contribution in [0.1, 0.15) is 25.3 Å². The number of nitrogens with zero attached hydrogens (tertiary/aromatic N) is 1. The summed E-state index contributed by atoms with van der Waals surface area (Å²) in [5.41, 5.74) is 2.34. The van der Waals surface area contributed by atoms with E-state index in [2.05, 4.69) is 19.2 Å². The van der Waals surface area contributed by atoms with E-state index in [9.17, 15) is 13.6 Å². The highest BCUT2D eigenvalue weighted by Gasteiger charge is 2.10. The Labute approximate surface area is 134 Å². The number of rotatable bonds is 5. The molecule has 0 radical (unpaired) electrons. The normalized spacial score (nSPS) is 10.7. The van der Waals surface area contributed by atoms with Gasteiger partial charge in [0, 0.05) is 24.5 Å². The molecule has 0 saturated carbocycles. The van der Waals surface area contributed by atoms with E-state index in [-0.39, 0.29) is 12.5 Å². The molecule has 2 rings (SSSR count). The molecule has 1 N–H and O–H groups in total. The van der Waals surface area contributed by atoms with Gasteiger partial charge in [0.1, 0.15) is 0 Å². The van der Waals surface area contributed by atoms with E-state index < -0.39 is 11.6 Å². The molecule has 23 heavy (non-hydrogen) atoms. The predicted octanol–water partition coefficient (Wildman–Crippen LogP) is 4.16. The maximum absolute atomic E-state index is 13.2. The number of anilines is 2. The molecule has 3 nitrogen and oxygen atoms in total. The number of hydrogen-bond acceptors (Lipinski definition) is 2. The monoisotopic (exact) mass is 318 g/mol. The summed E-state index contributed by atoms with van der Waals surface area (Å²) < 4.78 is 26.2. The van der Waals surface area contributed by atoms with E-state index in [0.717, 1.165) is 12.1 Å². The van der Waals surface area contributed by atoms with Crippen LogP contribution in [0.25, 0.3) is 0 Å². The van der Waals surface area contributed by atoms with E-state index in [1.165, 1.54) is 11.6 Å². The molecule has 2 aromatic carbocycles. The number of carbonyl (C=O) groups excluding carboxylic acids is 1. The molecular weight excluding hydrogens is 298 g/mol. The van der Waals surface area contributed by atoms with Crippen LogP contribution >= 0.6 is 0 Å². The molecule has 0 spiro atoms. The van der Waals surface area contributed by atoms with Crippen molar-refractivity contribution in [3.8, 4) is 0 Å². The third-order valence-corrected chi connectivity index (χ3v) is 3.59. The SMILES string of the molecule is CC(C)c1ccc(NC(=O)CN(C)c2ccc(F)c(F)c2)cc1. The number of hydrogen-bond donors (Lipinski definition) is 1. The Hall–Kier alpha value is -2.43. The summed E-state index contributed by atoms with van der Waals surface area (Å²) in [4.78, 5) is 13.6. The summed E-state index contributed by atoms with van der Waals surface area (Å²) in [5.74, 6) is -1.63. The summed E-state index contributed by atoms with van der Waals surface area (Å²) in [6, 6.07) is 11.2. The van der Waals surface area contributed by atoms with Gasteiger partial charge in [-0.05, 0) is 35.7 Å². The number of benzene rings is 2. The lowest BCUT2D eigenvalue weighted by Crippen LogP contribution is -2.30. The largest absolute Gasteiger partial charge is 0.365 e. The first-order valence-corrected chi connectivity index (χ1v) is 7.43. The van der Waals surface area contributed by atoms with Crippen LogP contribution in [-0.4, -0.2) is 19.5 Å². The molecule has 0 aliphatic rings. The van der Waals surface area contributed by atoms with Gasteiger partial charge in [0.05, 0.1) is 6.54 Å². The molecule has 0 aliphatic carbocycles. The maximum Gasteiger partial charge on any atom is 0.243 e. The average Bonchev–Trinajstić information content (AvgIpc) is 2.50. The van der Waals surface area contributed by atoms with Gasteiger partial charge in [0.25, 0.3) is 0 Å². The van der Waals surface area contributed by atoms with Crippen LogP contribution in [-0.2, 0) is 4.79 Å². The summed E-state index contributed by atoms with van der Waals surface area (Å²) in [6.07, 6.45) is 0. The van der Waals surface area contributed by atoms with Crippen molar-refractivity contribution in [3.63, 3.8) is 0 Å². The van der Waals surface area contributed by atoms with Crippen molar-refractivity contribution < 1.29 is 13.6 Å². The van der Waals surface area contributed by atoms with Crippen LogP contribution < -0.4 is 10.2 Å². The molecule has 122 valence electrons. The highest BCUT2D eigenvalue weighted by Crippen LogP contribution is 2.18. The second-order valence-electron chi connectivity index (χ2n) is 5.78. The first-order valence-electron chi connectivity index (χ1n) is 7.43. The van der Waals surface area contributed by atoms with Gasteiger partial charge in [0.2, 0.25) is 5.91 Å². The predicted molar refractivity (Wildman–Crippen MR) is 88.8 cm³/mol. The third-order valence-electron chi connectivity index (χ3n) is 3.59. The minimum absolute atomic E-state index is 0.0387. The average molecular weight is 318 g/mol. The molecule has 2 aromatic rings. The van der Waals surface area contributed by atoms with E-state index in [1.54, 1.807) is 11.9 Å². The first-order chi connectivity index (χ1) is 10.9. The number of nitrogens with one attached hydrogen (secondary N) is 1. The fourth-order valence-electron chi connectivity index (χ4n) is 2.18. The standard InChI is InChI=1S/C18H20F2N2O/c1-12(2)13-4-6-14(7-5-13)21-18(23)11-22(3)15-8-9-16(19)17(20)10-15/h4-10,12H,11H2,1-3H3,(H,21,23). The number of carbonyl (C=O) groups is 1. The Balaban J connectivity index is 1.97. The Morgan fingerprint density at radius 1 is 1.09 bits per heavy atom. The van der Waals surface area contributed by atoms with Crippen molar-refractivity contribution in [3.05, 3.63) is 59.7 Å². The number of likely N-dealkylation sites (N-methyl/N-ethyl adjacent to an activating group) is 1. The first kappa shape index (κ1) is 16.9.